The molecule has 1 amide bonds. The summed E-state index contributed by atoms with van der Waals surface area (Å²) in [4.78, 5) is 14.3. The van der Waals surface area contributed by atoms with Crippen LogP contribution in [0.4, 0.5) is 0 Å². The number of morpholine rings is 1. The zero-order valence-corrected chi connectivity index (χ0v) is 11.1. The van der Waals surface area contributed by atoms with Gasteiger partial charge in [0.1, 0.15) is 5.69 Å². The monoisotopic (exact) mass is 298 g/mol. The zero-order valence-electron chi connectivity index (χ0n) is 9.56. The smallest absolute Gasteiger partial charge is 0.270 e. The summed E-state index contributed by atoms with van der Waals surface area (Å²) in [5, 5.41) is 0. The van der Waals surface area contributed by atoms with E-state index >= 15 is 0 Å². The van der Waals surface area contributed by atoms with Gasteiger partial charge in [0.15, 0.2) is 0 Å². The number of carbonyl (C=O) groups excluding carboxylic acids is 1. The van der Waals surface area contributed by atoms with Gasteiger partial charge in [-0.25, -0.2) is 0 Å². The molecule has 0 radical (unpaired) electrons. The molecule has 0 atom stereocenters. The number of amides is 1. The van der Waals surface area contributed by atoms with E-state index < -0.39 is 0 Å². The van der Waals surface area contributed by atoms with Crippen LogP contribution in [0.15, 0.2) is 16.7 Å². The Labute approximate surface area is 109 Å². The van der Waals surface area contributed by atoms with Crippen LogP contribution >= 0.6 is 15.9 Å². The fourth-order valence-electron chi connectivity index (χ4n) is 2.20. The van der Waals surface area contributed by atoms with Gasteiger partial charge in [-0.3, -0.25) is 4.79 Å². The molecule has 0 bridgehead atoms. The molecule has 17 heavy (non-hydrogen) atoms. The van der Waals surface area contributed by atoms with E-state index in [1.807, 2.05) is 17.2 Å². The molecule has 0 spiro atoms. The summed E-state index contributed by atoms with van der Waals surface area (Å²) in [5.41, 5.74) is 0.807. The number of ether oxygens (including phenoxy) is 1. The predicted octanol–water partition coefficient (Wildman–Crippen LogP) is 2.06. The molecule has 0 unspecified atom stereocenters. The van der Waals surface area contributed by atoms with Gasteiger partial charge in [0.2, 0.25) is 0 Å². The summed E-state index contributed by atoms with van der Waals surface area (Å²) in [6, 6.07) is 2.46. The Morgan fingerprint density at radius 3 is 2.71 bits per heavy atom. The third-order valence-corrected chi connectivity index (χ3v) is 3.71. The van der Waals surface area contributed by atoms with E-state index in [1.54, 1.807) is 0 Å². The first-order valence-electron chi connectivity index (χ1n) is 6.00. The van der Waals surface area contributed by atoms with Crippen LogP contribution in [0.1, 0.15) is 29.4 Å². The lowest BCUT2D eigenvalue weighted by Gasteiger charge is -2.27. The lowest BCUT2D eigenvalue weighted by Crippen LogP contribution is -2.41. The zero-order chi connectivity index (χ0) is 11.8. The third kappa shape index (κ3) is 2.26. The fourth-order valence-corrected chi connectivity index (χ4v) is 2.64. The Morgan fingerprint density at radius 1 is 1.35 bits per heavy atom. The van der Waals surface area contributed by atoms with E-state index in [0.29, 0.717) is 32.3 Å². The van der Waals surface area contributed by atoms with Gasteiger partial charge >= 0.3 is 0 Å². The maximum absolute atomic E-state index is 12.4. The Hall–Kier alpha value is -0.810. The van der Waals surface area contributed by atoms with Crippen LogP contribution in [-0.4, -0.2) is 41.7 Å². The first-order valence-corrected chi connectivity index (χ1v) is 6.79. The number of nitrogens with zero attached hydrogens (tertiary/aromatic N) is 2. The maximum atomic E-state index is 12.4. The average Bonchev–Trinajstić information content (AvgIpc) is 3.13. The molecule has 4 nitrogen and oxygen atoms in total. The van der Waals surface area contributed by atoms with Crippen LogP contribution < -0.4 is 0 Å². The van der Waals surface area contributed by atoms with Crippen LogP contribution in [0, 0.1) is 0 Å². The minimum Gasteiger partial charge on any atom is -0.378 e. The minimum atomic E-state index is 0.130. The standard InChI is InChI=1S/C12H15BrN2O2/c13-9-7-11(15(8-9)10-1-2-10)12(16)14-3-5-17-6-4-14/h7-8,10H,1-6H2. The van der Waals surface area contributed by atoms with Gasteiger partial charge in [0.05, 0.1) is 13.2 Å². The summed E-state index contributed by atoms with van der Waals surface area (Å²) in [5.74, 6) is 0.130. The lowest BCUT2D eigenvalue weighted by atomic mass is 10.3. The van der Waals surface area contributed by atoms with Gasteiger partial charge in [0.25, 0.3) is 5.91 Å². The Morgan fingerprint density at radius 2 is 2.06 bits per heavy atom. The fraction of sp³-hybridized carbons (Fsp3) is 0.583. The van der Waals surface area contributed by atoms with Crippen LogP contribution in [-0.2, 0) is 4.74 Å². The van der Waals surface area contributed by atoms with Crippen LogP contribution in [0.25, 0.3) is 0 Å². The molecule has 1 aromatic heterocycles. The summed E-state index contributed by atoms with van der Waals surface area (Å²) in [6.45, 7) is 2.70. The van der Waals surface area contributed by atoms with Crippen molar-refractivity contribution in [2.24, 2.45) is 0 Å². The molecule has 1 saturated heterocycles. The van der Waals surface area contributed by atoms with Gasteiger partial charge in [-0.2, -0.15) is 0 Å². The molecule has 1 aliphatic heterocycles. The molecule has 92 valence electrons. The van der Waals surface area contributed by atoms with Crippen molar-refractivity contribution >= 4 is 21.8 Å². The summed E-state index contributed by atoms with van der Waals surface area (Å²) < 4.78 is 8.37. The number of carbonyl (C=O) groups is 1. The van der Waals surface area contributed by atoms with Crippen LogP contribution in [0.2, 0.25) is 0 Å². The summed E-state index contributed by atoms with van der Waals surface area (Å²) in [7, 11) is 0. The number of halogens is 1. The van der Waals surface area contributed by atoms with Crippen LogP contribution in [0.5, 0.6) is 0 Å². The average molecular weight is 299 g/mol. The van der Waals surface area contributed by atoms with Gasteiger partial charge in [-0.15, -0.1) is 0 Å². The van der Waals surface area contributed by atoms with Crippen molar-refractivity contribution in [2.45, 2.75) is 18.9 Å². The van der Waals surface area contributed by atoms with Crippen molar-refractivity contribution in [3.63, 3.8) is 0 Å². The minimum absolute atomic E-state index is 0.130. The molecule has 1 aliphatic carbocycles. The molecule has 2 heterocycles. The molecule has 5 heteroatoms. The first-order chi connectivity index (χ1) is 8.25. The van der Waals surface area contributed by atoms with Gasteiger partial charge in [0, 0.05) is 29.8 Å². The number of hydrogen-bond donors (Lipinski definition) is 0. The topological polar surface area (TPSA) is 34.5 Å². The highest BCUT2D eigenvalue weighted by molar-refractivity contribution is 9.10. The molecule has 0 N–H and O–H groups in total. The van der Waals surface area contributed by atoms with Crippen molar-refractivity contribution in [1.82, 2.24) is 9.47 Å². The van der Waals surface area contributed by atoms with Crippen molar-refractivity contribution in [2.75, 3.05) is 26.3 Å². The second kappa shape index (κ2) is 4.46. The van der Waals surface area contributed by atoms with Crippen LogP contribution in [0.3, 0.4) is 0 Å². The Bertz CT molecular complexity index is 434. The van der Waals surface area contributed by atoms with E-state index in [1.165, 1.54) is 12.8 Å². The maximum Gasteiger partial charge on any atom is 0.270 e. The van der Waals surface area contributed by atoms with Crippen molar-refractivity contribution in [3.05, 3.63) is 22.4 Å². The third-order valence-electron chi connectivity index (χ3n) is 3.27. The summed E-state index contributed by atoms with van der Waals surface area (Å²) in [6.07, 6.45) is 4.39. The van der Waals surface area contributed by atoms with Gasteiger partial charge < -0.3 is 14.2 Å². The normalized spacial score (nSPS) is 20.6. The number of rotatable bonds is 2. The molecule has 0 aromatic carbocycles. The highest BCUT2D eigenvalue weighted by atomic mass is 79.9. The molecule has 1 aromatic rings. The van der Waals surface area contributed by atoms with Gasteiger partial charge in [-0.1, -0.05) is 0 Å². The summed E-state index contributed by atoms with van der Waals surface area (Å²) >= 11 is 3.46. The molecule has 2 aliphatic rings. The van der Waals surface area contributed by atoms with E-state index in [0.717, 1.165) is 10.2 Å². The van der Waals surface area contributed by atoms with Crippen molar-refractivity contribution in [3.8, 4) is 0 Å². The molecular weight excluding hydrogens is 284 g/mol. The highest BCUT2D eigenvalue weighted by Crippen LogP contribution is 2.37. The van der Waals surface area contributed by atoms with E-state index in [4.69, 9.17) is 4.74 Å². The highest BCUT2D eigenvalue weighted by Gasteiger charge is 2.29. The second-order valence-corrected chi connectivity index (χ2v) is 5.50. The van der Waals surface area contributed by atoms with E-state index in [9.17, 15) is 4.79 Å². The molecule has 1 saturated carbocycles. The Kier molecular flexibility index (Phi) is 2.96. The van der Waals surface area contributed by atoms with Crippen molar-refractivity contribution < 1.29 is 9.53 Å². The Balaban J connectivity index is 1.84. The lowest BCUT2D eigenvalue weighted by molar-refractivity contribution is 0.0296. The largest absolute Gasteiger partial charge is 0.378 e. The second-order valence-electron chi connectivity index (χ2n) is 4.59. The SMILES string of the molecule is O=C(c1cc(Br)cn1C1CC1)N1CCOCC1. The quantitative estimate of drug-likeness (QED) is 0.838. The first kappa shape index (κ1) is 11.3. The molecule has 2 fully saturated rings. The number of aromatic nitrogens is 1. The van der Waals surface area contributed by atoms with Crippen molar-refractivity contribution in [1.29, 1.82) is 0 Å². The molecular formula is C12H15BrN2O2. The van der Waals surface area contributed by atoms with Gasteiger partial charge in [-0.05, 0) is 34.8 Å². The number of hydrogen-bond acceptors (Lipinski definition) is 2. The predicted molar refractivity (Wildman–Crippen MR) is 67.1 cm³/mol. The molecule has 3 rings (SSSR count). The van der Waals surface area contributed by atoms with E-state index in [-0.39, 0.29) is 5.91 Å². The van der Waals surface area contributed by atoms with E-state index in [2.05, 4.69) is 20.5 Å².